The minimum Gasteiger partial charge on any atom is -0.293 e. The van der Waals surface area contributed by atoms with Crippen molar-refractivity contribution in [3.8, 4) is 50.7 Å². The standard InChI is InChI=1S/C50H35N3/c1-50(2)38-28-16-14-26-36(38)43-45-37-27-15-17-29-40(37)53(41-30-39(31-18-6-3-7-19-31)51-49(52-41)33-22-10-5-11-23-33)48(45)44-35-25-13-12-24-34(35)42(46(44)47(43)50)32-20-8-4-9-21-32/h3-30,42H,1-2H3. The molecule has 0 saturated heterocycles. The first-order valence-electron chi connectivity index (χ1n) is 18.5. The van der Waals surface area contributed by atoms with Gasteiger partial charge in [-0.05, 0) is 50.6 Å². The molecule has 2 heterocycles. The third-order valence-electron chi connectivity index (χ3n) is 11.7. The smallest absolute Gasteiger partial charge is 0.162 e. The van der Waals surface area contributed by atoms with Crippen molar-refractivity contribution in [2.24, 2.45) is 0 Å². The van der Waals surface area contributed by atoms with Crippen LogP contribution in [0.2, 0.25) is 0 Å². The maximum absolute atomic E-state index is 5.45. The molecule has 7 aromatic carbocycles. The van der Waals surface area contributed by atoms with Crippen LogP contribution in [0, 0.1) is 0 Å². The highest BCUT2D eigenvalue weighted by Crippen LogP contribution is 2.62. The second-order valence-electron chi connectivity index (χ2n) is 14.9. The van der Waals surface area contributed by atoms with Gasteiger partial charge in [0.1, 0.15) is 5.82 Å². The lowest BCUT2D eigenvalue weighted by molar-refractivity contribution is 0.651. The van der Waals surface area contributed by atoms with Gasteiger partial charge < -0.3 is 0 Å². The Morgan fingerprint density at radius 3 is 1.96 bits per heavy atom. The van der Waals surface area contributed by atoms with Crippen LogP contribution in [0.1, 0.15) is 47.6 Å². The summed E-state index contributed by atoms with van der Waals surface area (Å²) in [6.45, 7) is 4.85. The average molecular weight is 678 g/mol. The maximum atomic E-state index is 5.45. The van der Waals surface area contributed by atoms with Gasteiger partial charge in [-0.1, -0.05) is 172 Å². The molecule has 11 rings (SSSR count). The minimum atomic E-state index is -0.210. The summed E-state index contributed by atoms with van der Waals surface area (Å²) in [6.07, 6.45) is 0. The molecule has 3 heteroatoms. The first kappa shape index (κ1) is 30.1. The van der Waals surface area contributed by atoms with E-state index in [2.05, 4.69) is 182 Å². The van der Waals surface area contributed by atoms with Crippen LogP contribution in [-0.4, -0.2) is 14.5 Å². The molecule has 9 aromatic rings. The number of hydrogen-bond donors (Lipinski definition) is 0. The summed E-state index contributed by atoms with van der Waals surface area (Å²) in [6, 6.07) is 61.2. The molecule has 0 spiro atoms. The molecule has 0 saturated carbocycles. The highest BCUT2D eigenvalue weighted by Gasteiger charge is 2.46. The number of nitrogens with zero attached hydrogens (tertiary/aromatic N) is 3. The Hall–Kier alpha value is -6.58. The van der Waals surface area contributed by atoms with Gasteiger partial charge in [-0.3, -0.25) is 4.57 Å². The molecule has 0 amide bonds. The monoisotopic (exact) mass is 677 g/mol. The summed E-state index contributed by atoms with van der Waals surface area (Å²) >= 11 is 0. The Kier molecular flexibility index (Phi) is 6.36. The van der Waals surface area contributed by atoms with Crippen LogP contribution >= 0.6 is 0 Å². The summed E-state index contributed by atoms with van der Waals surface area (Å²) in [7, 11) is 0. The van der Waals surface area contributed by atoms with Crippen LogP contribution in [0.5, 0.6) is 0 Å². The molecule has 0 N–H and O–H groups in total. The van der Waals surface area contributed by atoms with Crippen LogP contribution in [0.25, 0.3) is 72.5 Å². The summed E-state index contributed by atoms with van der Waals surface area (Å²) < 4.78 is 2.45. The second kappa shape index (κ2) is 11.2. The van der Waals surface area contributed by atoms with Gasteiger partial charge in [0.05, 0.1) is 16.7 Å². The number of fused-ring (bicyclic) bond motifs is 12. The summed E-state index contributed by atoms with van der Waals surface area (Å²) in [4.78, 5) is 10.6. The molecule has 250 valence electrons. The molecule has 0 bridgehead atoms. The van der Waals surface area contributed by atoms with Crippen LogP contribution < -0.4 is 0 Å². The maximum Gasteiger partial charge on any atom is 0.162 e. The second-order valence-corrected chi connectivity index (χ2v) is 14.9. The van der Waals surface area contributed by atoms with E-state index in [0.717, 1.165) is 28.2 Å². The molecule has 1 unspecified atom stereocenters. The molecule has 3 nitrogen and oxygen atoms in total. The fraction of sp³-hybridized carbons (Fsp3) is 0.0800. The Bertz CT molecular complexity index is 2850. The van der Waals surface area contributed by atoms with E-state index in [-0.39, 0.29) is 11.3 Å². The lowest BCUT2D eigenvalue weighted by atomic mass is 9.75. The molecule has 0 radical (unpaired) electrons. The largest absolute Gasteiger partial charge is 0.293 e. The van der Waals surface area contributed by atoms with E-state index >= 15 is 0 Å². The van der Waals surface area contributed by atoms with Crippen LogP contribution in [0.3, 0.4) is 0 Å². The summed E-state index contributed by atoms with van der Waals surface area (Å²) in [5, 5.41) is 2.52. The SMILES string of the molecule is CC1(C)c2ccccc2-c2c1c1c(c3c2c2ccccc2n3-c2cc(-c3ccccc3)nc(-c3ccccc3)n2)-c2ccccc2C1c1ccccc1. The molecular weight excluding hydrogens is 643 g/mol. The van der Waals surface area contributed by atoms with E-state index in [1.165, 1.54) is 66.4 Å². The average Bonchev–Trinajstić information content (AvgIpc) is 3.82. The van der Waals surface area contributed by atoms with Crippen molar-refractivity contribution in [3.05, 3.63) is 198 Å². The van der Waals surface area contributed by atoms with Crippen molar-refractivity contribution in [2.45, 2.75) is 25.2 Å². The quantitative estimate of drug-likeness (QED) is 0.186. The molecule has 2 aromatic heterocycles. The van der Waals surface area contributed by atoms with Crippen molar-refractivity contribution in [1.29, 1.82) is 0 Å². The first-order chi connectivity index (χ1) is 26.1. The highest BCUT2D eigenvalue weighted by atomic mass is 15.1. The topological polar surface area (TPSA) is 30.7 Å². The van der Waals surface area contributed by atoms with Gasteiger partial charge in [0.2, 0.25) is 0 Å². The molecule has 0 fully saturated rings. The first-order valence-corrected chi connectivity index (χ1v) is 18.5. The predicted octanol–water partition coefficient (Wildman–Crippen LogP) is 12.4. The normalized spacial score (nSPS) is 14.9. The number of aromatic nitrogens is 3. The van der Waals surface area contributed by atoms with Crippen molar-refractivity contribution >= 4 is 21.8 Å². The van der Waals surface area contributed by atoms with E-state index < -0.39 is 0 Å². The van der Waals surface area contributed by atoms with Gasteiger partial charge in [0.15, 0.2) is 5.82 Å². The van der Waals surface area contributed by atoms with Gasteiger partial charge >= 0.3 is 0 Å². The minimum absolute atomic E-state index is 0.0887. The van der Waals surface area contributed by atoms with Crippen molar-refractivity contribution in [1.82, 2.24) is 14.5 Å². The van der Waals surface area contributed by atoms with Crippen molar-refractivity contribution in [2.75, 3.05) is 0 Å². The number of rotatable bonds is 4. The van der Waals surface area contributed by atoms with Crippen LogP contribution in [0.4, 0.5) is 0 Å². The van der Waals surface area contributed by atoms with Gasteiger partial charge in [-0.15, -0.1) is 0 Å². The van der Waals surface area contributed by atoms with Gasteiger partial charge in [-0.25, -0.2) is 9.97 Å². The zero-order chi connectivity index (χ0) is 35.3. The highest BCUT2D eigenvalue weighted by molar-refractivity contribution is 6.23. The van der Waals surface area contributed by atoms with E-state index in [1.54, 1.807) is 0 Å². The van der Waals surface area contributed by atoms with E-state index in [1.807, 2.05) is 6.07 Å². The van der Waals surface area contributed by atoms with E-state index in [0.29, 0.717) is 5.82 Å². The fourth-order valence-corrected chi connectivity index (χ4v) is 9.49. The third-order valence-corrected chi connectivity index (χ3v) is 11.7. The zero-order valence-electron chi connectivity index (χ0n) is 29.6. The van der Waals surface area contributed by atoms with Crippen LogP contribution in [-0.2, 0) is 5.41 Å². The lowest BCUT2D eigenvalue weighted by Gasteiger charge is -2.28. The van der Waals surface area contributed by atoms with Gasteiger partial charge in [-0.2, -0.15) is 0 Å². The summed E-state index contributed by atoms with van der Waals surface area (Å²) in [5.74, 6) is 1.66. The molecular formula is C50H35N3. The Morgan fingerprint density at radius 2 is 1.19 bits per heavy atom. The summed E-state index contributed by atoms with van der Waals surface area (Å²) in [5.41, 5.74) is 17.2. The number of hydrogen-bond acceptors (Lipinski definition) is 2. The Morgan fingerprint density at radius 1 is 0.566 bits per heavy atom. The fourth-order valence-electron chi connectivity index (χ4n) is 9.49. The Balaban J connectivity index is 1.37. The molecule has 2 aliphatic carbocycles. The molecule has 1 atom stereocenters. The van der Waals surface area contributed by atoms with Crippen LogP contribution in [0.15, 0.2) is 170 Å². The van der Waals surface area contributed by atoms with E-state index in [4.69, 9.17) is 9.97 Å². The van der Waals surface area contributed by atoms with Crippen molar-refractivity contribution in [3.63, 3.8) is 0 Å². The zero-order valence-corrected chi connectivity index (χ0v) is 29.6. The van der Waals surface area contributed by atoms with Crippen molar-refractivity contribution < 1.29 is 0 Å². The van der Waals surface area contributed by atoms with Gasteiger partial charge in [0.25, 0.3) is 0 Å². The number of para-hydroxylation sites is 1. The molecule has 0 aliphatic heterocycles. The molecule has 53 heavy (non-hydrogen) atoms. The lowest BCUT2D eigenvalue weighted by Crippen LogP contribution is -2.19. The number of benzene rings is 7. The van der Waals surface area contributed by atoms with E-state index in [9.17, 15) is 0 Å². The van der Waals surface area contributed by atoms with Gasteiger partial charge in [0, 0.05) is 44.9 Å². The predicted molar refractivity (Wildman–Crippen MR) is 218 cm³/mol. The third kappa shape index (κ3) is 4.22. The molecule has 2 aliphatic rings. The Labute approximate surface area is 308 Å².